The highest BCUT2D eigenvalue weighted by molar-refractivity contribution is 7.10. The number of nitrogens with two attached hydrogens (primary N) is 1. The molecule has 3 N–H and O–H groups in total. The van der Waals surface area contributed by atoms with Crippen molar-refractivity contribution in [1.82, 2.24) is 5.32 Å². The third kappa shape index (κ3) is 3.84. The highest BCUT2D eigenvalue weighted by Crippen LogP contribution is 2.27. The predicted molar refractivity (Wildman–Crippen MR) is 83.8 cm³/mol. The molecule has 1 amide bonds. The maximum atomic E-state index is 12.3. The minimum atomic E-state index is 0.0346. The summed E-state index contributed by atoms with van der Waals surface area (Å²) in [5.41, 5.74) is 6.07. The normalized spacial score (nSPS) is 21.9. The fourth-order valence-electron chi connectivity index (χ4n) is 2.80. The third-order valence-electron chi connectivity index (χ3n) is 3.93. The van der Waals surface area contributed by atoms with Gasteiger partial charge in [0.25, 0.3) is 5.91 Å². The smallest absolute Gasteiger partial charge is 0.252 e. The van der Waals surface area contributed by atoms with E-state index in [1.165, 1.54) is 30.6 Å². The SMILES string of the molecule is CCC1CCCCC1NC(=O)c1csc(C#CCN)c1. The van der Waals surface area contributed by atoms with Crippen LogP contribution in [-0.4, -0.2) is 18.5 Å². The van der Waals surface area contributed by atoms with Gasteiger partial charge in [-0.2, -0.15) is 0 Å². The third-order valence-corrected chi connectivity index (χ3v) is 4.77. The topological polar surface area (TPSA) is 55.1 Å². The van der Waals surface area contributed by atoms with Crippen LogP contribution in [0.25, 0.3) is 0 Å². The molecule has 20 heavy (non-hydrogen) atoms. The molecule has 0 aliphatic heterocycles. The Hall–Kier alpha value is -1.31. The van der Waals surface area contributed by atoms with E-state index >= 15 is 0 Å². The van der Waals surface area contributed by atoms with Crippen molar-refractivity contribution in [2.24, 2.45) is 11.7 Å². The molecule has 1 fully saturated rings. The Balaban J connectivity index is 1.98. The maximum Gasteiger partial charge on any atom is 0.252 e. The molecule has 1 aromatic rings. The quantitative estimate of drug-likeness (QED) is 0.841. The highest BCUT2D eigenvalue weighted by Gasteiger charge is 2.25. The molecule has 108 valence electrons. The van der Waals surface area contributed by atoms with Gasteiger partial charge in [0.1, 0.15) is 0 Å². The fourth-order valence-corrected chi connectivity index (χ4v) is 3.55. The molecule has 2 atom stereocenters. The average molecular weight is 290 g/mol. The van der Waals surface area contributed by atoms with Gasteiger partial charge in [-0.1, -0.05) is 38.0 Å². The Kier molecular flexibility index (Phi) is 5.63. The van der Waals surface area contributed by atoms with Crippen molar-refractivity contribution in [3.8, 4) is 11.8 Å². The van der Waals surface area contributed by atoms with Gasteiger partial charge in [-0.15, -0.1) is 11.3 Å². The van der Waals surface area contributed by atoms with Crippen LogP contribution in [-0.2, 0) is 0 Å². The second kappa shape index (κ2) is 7.47. The van der Waals surface area contributed by atoms with Crippen LogP contribution in [0.15, 0.2) is 11.4 Å². The van der Waals surface area contributed by atoms with Crippen molar-refractivity contribution in [3.63, 3.8) is 0 Å². The first-order valence-electron chi connectivity index (χ1n) is 7.33. The lowest BCUT2D eigenvalue weighted by molar-refractivity contribution is 0.0905. The van der Waals surface area contributed by atoms with Gasteiger partial charge in [-0.25, -0.2) is 0 Å². The molecular formula is C16H22N2OS. The molecule has 4 heteroatoms. The van der Waals surface area contributed by atoms with Gasteiger partial charge in [-0.3, -0.25) is 4.79 Å². The van der Waals surface area contributed by atoms with Crippen molar-refractivity contribution >= 4 is 17.2 Å². The fraction of sp³-hybridized carbons (Fsp3) is 0.562. The highest BCUT2D eigenvalue weighted by atomic mass is 32.1. The number of carbonyl (C=O) groups excluding carboxylic acids is 1. The van der Waals surface area contributed by atoms with Gasteiger partial charge in [0.2, 0.25) is 0 Å². The molecule has 0 saturated heterocycles. The molecule has 2 rings (SSSR count). The number of hydrogen-bond donors (Lipinski definition) is 2. The van der Waals surface area contributed by atoms with Gasteiger partial charge in [0.15, 0.2) is 0 Å². The van der Waals surface area contributed by atoms with Crippen molar-refractivity contribution in [1.29, 1.82) is 0 Å². The molecule has 1 heterocycles. The van der Waals surface area contributed by atoms with Crippen LogP contribution in [0.1, 0.15) is 54.3 Å². The second-order valence-corrected chi connectivity index (χ2v) is 6.15. The van der Waals surface area contributed by atoms with Crippen molar-refractivity contribution in [3.05, 3.63) is 21.9 Å². The standard InChI is InChI=1S/C16H22N2OS/c1-2-12-6-3-4-8-15(12)18-16(19)13-10-14(20-11-13)7-5-9-17/h10-12,15H,2-4,6,8-9,17H2,1H3,(H,18,19). The van der Waals surface area contributed by atoms with Crippen LogP contribution in [0.3, 0.4) is 0 Å². The van der Waals surface area contributed by atoms with Crippen molar-refractivity contribution in [2.45, 2.75) is 45.1 Å². The Morgan fingerprint density at radius 2 is 2.30 bits per heavy atom. The van der Waals surface area contributed by atoms with Crippen molar-refractivity contribution in [2.75, 3.05) is 6.54 Å². The Morgan fingerprint density at radius 1 is 1.50 bits per heavy atom. The lowest BCUT2D eigenvalue weighted by Gasteiger charge is -2.31. The van der Waals surface area contributed by atoms with Gasteiger partial charge in [0.05, 0.1) is 17.0 Å². The first-order chi connectivity index (χ1) is 9.74. The number of nitrogens with one attached hydrogen (secondary N) is 1. The number of carbonyl (C=O) groups is 1. The van der Waals surface area contributed by atoms with E-state index in [2.05, 4.69) is 24.1 Å². The Labute approximate surface area is 124 Å². The summed E-state index contributed by atoms with van der Waals surface area (Å²) in [7, 11) is 0. The largest absolute Gasteiger partial charge is 0.349 e. The zero-order valence-electron chi connectivity index (χ0n) is 11.9. The van der Waals surface area contributed by atoms with Gasteiger partial charge in [-0.05, 0) is 24.8 Å². The van der Waals surface area contributed by atoms with Crippen LogP contribution in [0.5, 0.6) is 0 Å². The zero-order valence-corrected chi connectivity index (χ0v) is 12.8. The molecule has 2 unspecified atom stereocenters. The monoisotopic (exact) mass is 290 g/mol. The van der Waals surface area contributed by atoms with Crippen LogP contribution >= 0.6 is 11.3 Å². The average Bonchev–Trinajstić information content (AvgIpc) is 2.94. The molecule has 1 saturated carbocycles. The molecule has 0 radical (unpaired) electrons. The van der Waals surface area contributed by atoms with Gasteiger partial charge < -0.3 is 11.1 Å². The number of rotatable bonds is 3. The summed E-state index contributed by atoms with van der Waals surface area (Å²) in [6.07, 6.45) is 5.99. The second-order valence-electron chi connectivity index (χ2n) is 5.24. The van der Waals surface area contributed by atoms with E-state index in [0.29, 0.717) is 18.5 Å². The van der Waals surface area contributed by atoms with Gasteiger partial charge >= 0.3 is 0 Å². The summed E-state index contributed by atoms with van der Waals surface area (Å²) in [5.74, 6) is 6.44. The van der Waals surface area contributed by atoms with E-state index in [0.717, 1.165) is 23.3 Å². The first-order valence-corrected chi connectivity index (χ1v) is 8.21. The first kappa shape index (κ1) is 15.1. The molecular weight excluding hydrogens is 268 g/mol. The molecule has 0 aromatic carbocycles. The lowest BCUT2D eigenvalue weighted by atomic mass is 9.83. The zero-order chi connectivity index (χ0) is 14.4. The van der Waals surface area contributed by atoms with E-state index in [-0.39, 0.29) is 5.91 Å². The summed E-state index contributed by atoms with van der Waals surface area (Å²) in [5, 5.41) is 5.08. The lowest BCUT2D eigenvalue weighted by Crippen LogP contribution is -2.41. The molecule has 1 aliphatic rings. The summed E-state index contributed by atoms with van der Waals surface area (Å²) < 4.78 is 0. The Bertz CT molecular complexity index is 512. The van der Waals surface area contributed by atoms with Gasteiger partial charge in [0, 0.05) is 11.4 Å². The Morgan fingerprint density at radius 3 is 3.05 bits per heavy atom. The summed E-state index contributed by atoms with van der Waals surface area (Å²) >= 11 is 1.50. The molecule has 3 nitrogen and oxygen atoms in total. The van der Waals surface area contributed by atoms with E-state index in [9.17, 15) is 4.79 Å². The maximum absolute atomic E-state index is 12.3. The molecule has 0 bridgehead atoms. The number of amides is 1. The van der Waals surface area contributed by atoms with E-state index in [4.69, 9.17) is 5.73 Å². The van der Waals surface area contributed by atoms with Crippen molar-refractivity contribution < 1.29 is 4.79 Å². The number of hydrogen-bond acceptors (Lipinski definition) is 3. The summed E-state index contributed by atoms with van der Waals surface area (Å²) in [6.45, 7) is 2.56. The minimum Gasteiger partial charge on any atom is -0.349 e. The minimum absolute atomic E-state index is 0.0346. The van der Waals surface area contributed by atoms with Crippen LogP contribution in [0.2, 0.25) is 0 Å². The van der Waals surface area contributed by atoms with E-state index in [1.54, 1.807) is 0 Å². The van der Waals surface area contributed by atoms with E-state index < -0.39 is 0 Å². The predicted octanol–water partition coefficient (Wildman–Crippen LogP) is 2.76. The van der Waals surface area contributed by atoms with E-state index in [1.807, 2.05) is 11.4 Å². The molecule has 1 aromatic heterocycles. The summed E-state index contributed by atoms with van der Waals surface area (Å²) in [4.78, 5) is 13.2. The number of thiophene rings is 1. The summed E-state index contributed by atoms with van der Waals surface area (Å²) in [6, 6.07) is 2.19. The molecule has 0 spiro atoms. The van der Waals surface area contributed by atoms with Crippen LogP contribution in [0, 0.1) is 17.8 Å². The van der Waals surface area contributed by atoms with Crippen LogP contribution in [0.4, 0.5) is 0 Å². The van der Waals surface area contributed by atoms with Crippen LogP contribution < -0.4 is 11.1 Å². The molecule has 1 aliphatic carbocycles.